The summed E-state index contributed by atoms with van der Waals surface area (Å²) in [4.78, 5) is 11.6. The average Bonchev–Trinajstić information content (AvgIpc) is 2.59. The van der Waals surface area contributed by atoms with Crippen molar-refractivity contribution in [3.05, 3.63) is 0 Å². The largest absolute Gasteiger partial charge is 0.461 e. The number of terminal acetylenes is 1. The van der Waals surface area contributed by atoms with Gasteiger partial charge < -0.3 is 9.84 Å². The number of hydrogen-bond donors (Lipinski definition) is 1. The summed E-state index contributed by atoms with van der Waals surface area (Å²) in [5.74, 6) is 2.66. The average molecular weight is 351 g/mol. The highest BCUT2D eigenvalue weighted by molar-refractivity contribution is 5.78. The number of carbonyl (C=O) groups excluding carboxylic acids is 1. The van der Waals surface area contributed by atoms with Crippen LogP contribution in [0.4, 0.5) is 0 Å². The maximum Gasteiger partial charge on any atom is 0.313 e. The van der Waals surface area contributed by atoms with Crippen molar-refractivity contribution in [2.45, 2.75) is 115 Å². The van der Waals surface area contributed by atoms with Crippen molar-refractivity contribution in [2.75, 3.05) is 0 Å². The van der Waals surface area contributed by atoms with Crippen molar-refractivity contribution in [3.63, 3.8) is 0 Å². The van der Waals surface area contributed by atoms with Crippen LogP contribution in [-0.4, -0.2) is 23.3 Å². The van der Waals surface area contributed by atoms with Crippen LogP contribution in [0.25, 0.3) is 0 Å². The van der Waals surface area contributed by atoms with Crippen molar-refractivity contribution in [1.29, 1.82) is 0 Å². The number of hydrogen-bond acceptors (Lipinski definition) is 3. The Kier molecular flexibility index (Phi) is 12.5. The molecule has 0 aromatic heterocycles. The fourth-order valence-corrected chi connectivity index (χ4v) is 3.58. The number of aliphatic hydroxyl groups excluding tert-OH is 1. The molecule has 0 amide bonds. The molecule has 1 aliphatic rings. The first-order valence-electron chi connectivity index (χ1n) is 10.5. The zero-order valence-corrected chi connectivity index (χ0v) is 16.2. The van der Waals surface area contributed by atoms with Gasteiger partial charge >= 0.3 is 5.97 Å². The second-order valence-corrected chi connectivity index (χ2v) is 7.54. The Morgan fingerprint density at radius 2 is 1.68 bits per heavy atom. The second kappa shape index (κ2) is 14.2. The van der Waals surface area contributed by atoms with Crippen LogP contribution < -0.4 is 0 Å². The first-order chi connectivity index (χ1) is 12.2. The van der Waals surface area contributed by atoms with Gasteiger partial charge in [-0.25, -0.2) is 0 Å². The Hall–Kier alpha value is -1.01. The van der Waals surface area contributed by atoms with Gasteiger partial charge in [0.1, 0.15) is 6.10 Å². The SMILES string of the molecule is C#CCCCCCCCCC[C@@H](O)C[C@@H]1OC(=O)[C@H]1CCCCCC. The molecule has 144 valence electrons. The minimum atomic E-state index is -0.327. The van der Waals surface area contributed by atoms with Gasteiger partial charge in [0.25, 0.3) is 0 Å². The van der Waals surface area contributed by atoms with Crippen LogP contribution in [0.3, 0.4) is 0 Å². The topological polar surface area (TPSA) is 46.5 Å². The van der Waals surface area contributed by atoms with Crippen molar-refractivity contribution in [1.82, 2.24) is 0 Å². The van der Waals surface area contributed by atoms with Gasteiger partial charge in [0.05, 0.1) is 12.0 Å². The summed E-state index contributed by atoms with van der Waals surface area (Å²) >= 11 is 0. The maximum absolute atomic E-state index is 11.6. The van der Waals surface area contributed by atoms with E-state index in [0.717, 1.165) is 38.5 Å². The molecule has 0 aromatic rings. The van der Waals surface area contributed by atoms with Crippen LogP contribution in [-0.2, 0) is 9.53 Å². The lowest BCUT2D eigenvalue weighted by Gasteiger charge is -2.36. The fourth-order valence-electron chi connectivity index (χ4n) is 3.58. The first-order valence-corrected chi connectivity index (χ1v) is 10.5. The second-order valence-electron chi connectivity index (χ2n) is 7.54. The molecule has 0 spiro atoms. The molecule has 3 nitrogen and oxygen atoms in total. The summed E-state index contributed by atoms with van der Waals surface area (Å²) in [5.41, 5.74) is 0. The number of esters is 1. The monoisotopic (exact) mass is 350 g/mol. The van der Waals surface area contributed by atoms with Crippen LogP contribution in [0.2, 0.25) is 0 Å². The van der Waals surface area contributed by atoms with E-state index in [1.165, 1.54) is 51.4 Å². The normalized spacial score (nSPS) is 20.6. The molecule has 3 heteroatoms. The number of cyclic esters (lactones) is 1. The Morgan fingerprint density at radius 1 is 1.04 bits per heavy atom. The van der Waals surface area contributed by atoms with E-state index in [-0.39, 0.29) is 24.1 Å². The van der Waals surface area contributed by atoms with Crippen molar-refractivity contribution in [2.24, 2.45) is 5.92 Å². The molecule has 3 atom stereocenters. The molecular weight excluding hydrogens is 312 g/mol. The number of ether oxygens (including phenoxy) is 1. The molecule has 1 heterocycles. The summed E-state index contributed by atoms with van der Waals surface area (Å²) in [6, 6.07) is 0. The van der Waals surface area contributed by atoms with Gasteiger partial charge in [-0.1, -0.05) is 71.1 Å². The lowest BCUT2D eigenvalue weighted by atomic mass is 9.86. The zero-order chi connectivity index (χ0) is 18.3. The lowest BCUT2D eigenvalue weighted by molar-refractivity contribution is -0.188. The number of aliphatic hydroxyl groups is 1. The molecule has 0 aromatic carbocycles. The highest BCUT2D eigenvalue weighted by Crippen LogP contribution is 2.31. The summed E-state index contributed by atoms with van der Waals surface area (Å²) < 4.78 is 5.26. The Bertz CT molecular complexity index is 385. The van der Waals surface area contributed by atoms with Gasteiger partial charge in [0.15, 0.2) is 0 Å². The standard InChI is InChI=1S/C22H38O3/c1-3-5-7-9-10-11-12-13-14-16-19(23)18-21-20(22(24)25-21)17-15-8-6-4-2/h1,19-21,23H,4-18H2,2H3/t19-,20+,21+/m1/s1. The van der Waals surface area contributed by atoms with Gasteiger partial charge in [-0.15, -0.1) is 12.3 Å². The van der Waals surface area contributed by atoms with E-state index >= 15 is 0 Å². The van der Waals surface area contributed by atoms with Gasteiger partial charge in [-0.3, -0.25) is 4.79 Å². The zero-order valence-electron chi connectivity index (χ0n) is 16.2. The number of rotatable bonds is 16. The molecule has 0 unspecified atom stereocenters. The van der Waals surface area contributed by atoms with Crippen LogP contribution >= 0.6 is 0 Å². The van der Waals surface area contributed by atoms with Gasteiger partial charge in [0.2, 0.25) is 0 Å². The van der Waals surface area contributed by atoms with E-state index in [4.69, 9.17) is 11.2 Å². The Balaban J connectivity index is 1.99. The molecular formula is C22H38O3. The molecule has 0 radical (unpaired) electrons. The molecule has 0 aliphatic carbocycles. The molecule has 1 aliphatic heterocycles. The predicted molar refractivity (Wildman–Crippen MR) is 103 cm³/mol. The predicted octanol–water partition coefficient (Wildman–Crippen LogP) is 5.39. The van der Waals surface area contributed by atoms with E-state index in [1.807, 2.05) is 0 Å². The van der Waals surface area contributed by atoms with E-state index in [0.29, 0.717) is 6.42 Å². The molecule has 1 rings (SSSR count). The Morgan fingerprint density at radius 3 is 2.32 bits per heavy atom. The third kappa shape index (κ3) is 9.90. The summed E-state index contributed by atoms with van der Waals surface area (Å²) in [7, 11) is 0. The molecule has 0 saturated carbocycles. The fraction of sp³-hybridized carbons (Fsp3) is 0.864. The van der Waals surface area contributed by atoms with Crippen molar-refractivity contribution >= 4 is 5.97 Å². The molecule has 1 saturated heterocycles. The van der Waals surface area contributed by atoms with Crippen LogP contribution in [0.1, 0.15) is 103 Å². The smallest absolute Gasteiger partial charge is 0.313 e. The van der Waals surface area contributed by atoms with E-state index in [9.17, 15) is 9.90 Å². The van der Waals surface area contributed by atoms with E-state index < -0.39 is 0 Å². The first kappa shape index (κ1) is 22.0. The van der Waals surface area contributed by atoms with Crippen LogP contribution in [0.5, 0.6) is 0 Å². The lowest BCUT2D eigenvalue weighted by Crippen LogP contribution is -2.46. The highest BCUT2D eigenvalue weighted by Gasteiger charge is 2.42. The minimum absolute atomic E-state index is 0.0366. The third-order valence-corrected chi connectivity index (χ3v) is 5.25. The summed E-state index contributed by atoms with van der Waals surface area (Å²) in [5, 5.41) is 10.2. The third-order valence-electron chi connectivity index (χ3n) is 5.25. The highest BCUT2D eigenvalue weighted by atomic mass is 16.6. The quantitative estimate of drug-likeness (QED) is 0.230. The van der Waals surface area contributed by atoms with Crippen LogP contribution in [0.15, 0.2) is 0 Å². The number of carbonyl (C=O) groups is 1. The maximum atomic E-state index is 11.6. The van der Waals surface area contributed by atoms with Crippen molar-refractivity contribution in [3.8, 4) is 12.3 Å². The van der Waals surface area contributed by atoms with E-state index in [1.54, 1.807) is 0 Å². The number of unbranched alkanes of at least 4 members (excludes halogenated alkanes) is 10. The molecule has 1 N–H and O–H groups in total. The van der Waals surface area contributed by atoms with Gasteiger partial charge in [-0.05, 0) is 19.3 Å². The minimum Gasteiger partial charge on any atom is -0.461 e. The van der Waals surface area contributed by atoms with Crippen LogP contribution in [0, 0.1) is 18.3 Å². The molecule has 0 bridgehead atoms. The van der Waals surface area contributed by atoms with E-state index in [2.05, 4.69) is 12.8 Å². The summed E-state index contributed by atoms with van der Waals surface area (Å²) in [6.07, 6.45) is 21.3. The van der Waals surface area contributed by atoms with Crippen molar-refractivity contribution < 1.29 is 14.6 Å². The summed E-state index contributed by atoms with van der Waals surface area (Å²) in [6.45, 7) is 2.19. The van der Waals surface area contributed by atoms with Gasteiger partial charge in [0, 0.05) is 12.8 Å². The Labute approximate surface area is 154 Å². The molecule has 25 heavy (non-hydrogen) atoms. The molecule has 1 fully saturated rings. The van der Waals surface area contributed by atoms with Gasteiger partial charge in [-0.2, -0.15) is 0 Å².